The van der Waals surface area contributed by atoms with Crippen molar-refractivity contribution in [2.24, 2.45) is 0 Å². The average molecular weight is 326 g/mol. The molecule has 0 radical (unpaired) electrons. The molecule has 1 heterocycles. The van der Waals surface area contributed by atoms with Gasteiger partial charge in [-0.05, 0) is 40.5 Å². The van der Waals surface area contributed by atoms with Crippen LogP contribution in [0.2, 0.25) is 0 Å². The van der Waals surface area contributed by atoms with Crippen LogP contribution in [0, 0.1) is 0 Å². The smallest absolute Gasteiger partial charge is 0.335 e. The van der Waals surface area contributed by atoms with Crippen LogP contribution in [0.25, 0.3) is 10.9 Å². The molecule has 5 nitrogen and oxygen atoms in total. The quantitative estimate of drug-likeness (QED) is 0.899. The van der Waals surface area contributed by atoms with Crippen LogP contribution in [0.15, 0.2) is 33.5 Å². The lowest BCUT2D eigenvalue weighted by atomic mass is 10.1. The summed E-state index contributed by atoms with van der Waals surface area (Å²) < 4.78 is 2.08. The number of fused-ring (bicyclic) bond motifs is 1. The Morgan fingerprint density at radius 1 is 1.32 bits per heavy atom. The summed E-state index contributed by atoms with van der Waals surface area (Å²) in [6, 6.07) is 6.00. The number of aromatic carboxylic acids is 1. The number of carboxylic acid groups (broad SMARTS) is 1. The molecular weight excluding hydrogens is 314 g/mol. The standard InChI is InChI=1S/C13H12BrNO4/c14-10-7-9(13(18)19)6-8-2-3-11(17)15(12(8)10)4-1-5-16/h2-3,6-7,16H,1,4-5H2,(H,18,19). The third-order valence-corrected chi connectivity index (χ3v) is 3.43. The molecule has 19 heavy (non-hydrogen) atoms. The fourth-order valence-electron chi connectivity index (χ4n) is 1.97. The molecule has 0 unspecified atom stereocenters. The highest BCUT2D eigenvalue weighted by Crippen LogP contribution is 2.25. The van der Waals surface area contributed by atoms with Crippen molar-refractivity contribution in [3.63, 3.8) is 0 Å². The zero-order valence-corrected chi connectivity index (χ0v) is 11.6. The molecule has 1 aromatic carbocycles. The van der Waals surface area contributed by atoms with Crippen LogP contribution in [-0.4, -0.2) is 27.4 Å². The van der Waals surface area contributed by atoms with E-state index in [1.54, 1.807) is 6.07 Å². The number of hydrogen-bond acceptors (Lipinski definition) is 3. The number of aryl methyl sites for hydroxylation is 1. The van der Waals surface area contributed by atoms with Gasteiger partial charge in [-0.3, -0.25) is 4.79 Å². The summed E-state index contributed by atoms with van der Waals surface area (Å²) in [7, 11) is 0. The zero-order valence-electron chi connectivity index (χ0n) is 9.97. The van der Waals surface area contributed by atoms with E-state index in [4.69, 9.17) is 10.2 Å². The van der Waals surface area contributed by atoms with E-state index in [-0.39, 0.29) is 17.7 Å². The Kier molecular flexibility index (Phi) is 4.01. The average Bonchev–Trinajstić information content (AvgIpc) is 2.37. The molecule has 2 N–H and O–H groups in total. The summed E-state index contributed by atoms with van der Waals surface area (Å²) >= 11 is 3.31. The minimum Gasteiger partial charge on any atom is -0.478 e. The van der Waals surface area contributed by atoms with Crippen molar-refractivity contribution in [2.45, 2.75) is 13.0 Å². The summed E-state index contributed by atoms with van der Waals surface area (Å²) in [6.07, 6.45) is 0.464. The van der Waals surface area contributed by atoms with Crippen molar-refractivity contribution in [3.05, 3.63) is 44.7 Å². The number of carboxylic acids is 1. The molecule has 100 valence electrons. The van der Waals surface area contributed by atoms with Crippen LogP contribution in [-0.2, 0) is 6.54 Å². The van der Waals surface area contributed by atoms with Crippen LogP contribution >= 0.6 is 15.9 Å². The first kappa shape index (κ1) is 13.8. The minimum absolute atomic E-state index is 0.00629. The first-order chi connectivity index (χ1) is 9.04. The van der Waals surface area contributed by atoms with Gasteiger partial charge in [0.15, 0.2) is 0 Å². The fraction of sp³-hybridized carbons (Fsp3) is 0.231. The molecule has 0 saturated carbocycles. The first-order valence-electron chi connectivity index (χ1n) is 5.72. The highest BCUT2D eigenvalue weighted by molar-refractivity contribution is 9.10. The second-order valence-corrected chi connectivity index (χ2v) is 4.96. The third kappa shape index (κ3) is 2.69. The molecule has 0 aliphatic heterocycles. The van der Waals surface area contributed by atoms with Gasteiger partial charge in [-0.15, -0.1) is 0 Å². The molecule has 0 fully saturated rings. The monoisotopic (exact) mass is 325 g/mol. The second kappa shape index (κ2) is 5.54. The van der Waals surface area contributed by atoms with Crippen molar-refractivity contribution in [2.75, 3.05) is 6.61 Å². The lowest BCUT2D eigenvalue weighted by Crippen LogP contribution is -2.20. The topological polar surface area (TPSA) is 79.5 Å². The Labute approximate surface area is 117 Å². The largest absolute Gasteiger partial charge is 0.478 e. The number of hydrogen-bond donors (Lipinski definition) is 2. The van der Waals surface area contributed by atoms with Gasteiger partial charge >= 0.3 is 5.97 Å². The first-order valence-corrected chi connectivity index (χ1v) is 6.51. The third-order valence-electron chi connectivity index (χ3n) is 2.82. The Balaban J connectivity index is 2.71. The van der Waals surface area contributed by atoms with E-state index < -0.39 is 5.97 Å². The minimum atomic E-state index is -1.02. The van der Waals surface area contributed by atoms with E-state index in [1.807, 2.05) is 0 Å². The highest BCUT2D eigenvalue weighted by Gasteiger charge is 2.11. The van der Waals surface area contributed by atoms with Gasteiger partial charge in [-0.2, -0.15) is 0 Å². The molecule has 6 heteroatoms. The number of halogens is 1. The summed E-state index contributed by atoms with van der Waals surface area (Å²) in [5.74, 6) is -1.02. The predicted molar refractivity (Wildman–Crippen MR) is 74.6 cm³/mol. The Morgan fingerprint density at radius 3 is 2.68 bits per heavy atom. The van der Waals surface area contributed by atoms with Crippen molar-refractivity contribution < 1.29 is 15.0 Å². The SMILES string of the molecule is O=C(O)c1cc(Br)c2c(ccc(=O)n2CCCO)c1. The van der Waals surface area contributed by atoms with Crippen LogP contribution in [0.4, 0.5) is 0 Å². The van der Waals surface area contributed by atoms with Crippen LogP contribution in [0.1, 0.15) is 16.8 Å². The van der Waals surface area contributed by atoms with Crippen molar-refractivity contribution in [1.82, 2.24) is 4.57 Å². The Morgan fingerprint density at radius 2 is 2.05 bits per heavy atom. The lowest BCUT2D eigenvalue weighted by Gasteiger charge is -2.11. The Bertz CT molecular complexity index is 693. The molecular formula is C13H12BrNO4. The van der Waals surface area contributed by atoms with E-state index in [0.29, 0.717) is 28.3 Å². The van der Waals surface area contributed by atoms with Gasteiger partial charge in [-0.25, -0.2) is 4.79 Å². The molecule has 0 aliphatic rings. The van der Waals surface area contributed by atoms with Crippen molar-refractivity contribution in [1.29, 1.82) is 0 Å². The maximum Gasteiger partial charge on any atom is 0.335 e. The molecule has 0 saturated heterocycles. The zero-order chi connectivity index (χ0) is 14.0. The normalized spacial score (nSPS) is 10.8. The maximum atomic E-state index is 11.9. The van der Waals surface area contributed by atoms with Gasteiger partial charge < -0.3 is 14.8 Å². The summed E-state index contributed by atoms with van der Waals surface area (Å²) in [4.78, 5) is 22.9. The van der Waals surface area contributed by atoms with E-state index >= 15 is 0 Å². The molecule has 2 rings (SSSR count). The van der Waals surface area contributed by atoms with Crippen LogP contribution < -0.4 is 5.56 Å². The summed E-state index contributed by atoms with van der Waals surface area (Å²) in [6.45, 7) is 0.380. The van der Waals surface area contributed by atoms with Crippen molar-refractivity contribution >= 4 is 32.8 Å². The van der Waals surface area contributed by atoms with Gasteiger partial charge in [0.25, 0.3) is 5.56 Å². The molecule has 0 amide bonds. The molecule has 2 aromatic rings. The Hall–Kier alpha value is -1.66. The molecule has 0 bridgehead atoms. The fourth-order valence-corrected chi connectivity index (χ4v) is 2.66. The number of benzene rings is 1. The highest BCUT2D eigenvalue weighted by atomic mass is 79.9. The number of carbonyl (C=O) groups is 1. The number of nitrogens with zero attached hydrogens (tertiary/aromatic N) is 1. The van der Waals surface area contributed by atoms with Gasteiger partial charge in [0, 0.05) is 29.1 Å². The molecule has 0 atom stereocenters. The van der Waals surface area contributed by atoms with Gasteiger partial charge in [0.1, 0.15) is 0 Å². The molecule has 0 aliphatic carbocycles. The summed E-state index contributed by atoms with van der Waals surface area (Å²) in [5.41, 5.74) is 0.627. The van der Waals surface area contributed by atoms with Gasteiger partial charge in [-0.1, -0.05) is 0 Å². The van der Waals surface area contributed by atoms with Gasteiger partial charge in [0.2, 0.25) is 0 Å². The summed E-state index contributed by atoms with van der Waals surface area (Å²) in [5, 5.41) is 18.6. The molecule has 0 spiro atoms. The van der Waals surface area contributed by atoms with Crippen LogP contribution in [0.5, 0.6) is 0 Å². The van der Waals surface area contributed by atoms with E-state index in [2.05, 4.69) is 15.9 Å². The number of aromatic nitrogens is 1. The lowest BCUT2D eigenvalue weighted by molar-refractivity contribution is 0.0697. The van der Waals surface area contributed by atoms with Gasteiger partial charge in [0.05, 0.1) is 11.1 Å². The predicted octanol–water partition coefficient (Wildman–Crippen LogP) is 1.84. The van der Waals surface area contributed by atoms with Crippen LogP contribution in [0.3, 0.4) is 0 Å². The van der Waals surface area contributed by atoms with E-state index in [1.165, 1.54) is 22.8 Å². The van der Waals surface area contributed by atoms with E-state index in [0.717, 1.165) is 0 Å². The second-order valence-electron chi connectivity index (χ2n) is 4.10. The number of pyridine rings is 1. The molecule has 1 aromatic heterocycles. The number of rotatable bonds is 4. The number of aliphatic hydroxyl groups excluding tert-OH is 1. The maximum absolute atomic E-state index is 11.9. The number of aliphatic hydroxyl groups is 1. The van der Waals surface area contributed by atoms with E-state index in [9.17, 15) is 9.59 Å². The van der Waals surface area contributed by atoms with Crippen molar-refractivity contribution in [3.8, 4) is 0 Å².